The number of carbonyl (C=O) groups excluding carboxylic acids is 1. The molecule has 1 heterocycles. The monoisotopic (exact) mass is 417 g/mol. The number of nitrogens with one attached hydrogen (secondary N) is 1. The van der Waals surface area contributed by atoms with E-state index in [0.717, 1.165) is 29.7 Å². The van der Waals surface area contributed by atoms with Crippen LogP contribution in [0.15, 0.2) is 36.4 Å². The van der Waals surface area contributed by atoms with Crippen LogP contribution in [-0.2, 0) is 17.6 Å². The van der Waals surface area contributed by atoms with Gasteiger partial charge in [-0.1, -0.05) is 38.1 Å². The van der Waals surface area contributed by atoms with E-state index in [-0.39, 0.29) is 12.5 Å². The highest BCUT2D eigenvalue weighted by Gasteiger charge is 2.20. The van der Waals surface area contributed by atoms with E-state index in [4.69, 9.17) is 9.47 Å². The molecule has 1 amide bonds. The lowest BCUT2D eigenvalue weighted by Gasteiger charge is -2.16. The fourth-order valence-electron chi connectivity index (χ4n) is 3.22. The average molecular weight is 418 g/mol. The first kappa shape index (κ1) is 20.9. The molecule has 1 aliphatic rings. The Morgan fingerprint density at radius 1 is 1.07 bits per heavy atom. The first-order valence-electron chi connectivity index (χ1n) is 9.60. The maximum atomic E-state index is 12.5. The smallest absolute Gasteiger partial charge is 0.262 e. The Bertz CT molecular complexity index is 797. The van der Waals surface area contributed by atoms with Gasteiger partial charge >= 0.3 is 0 Å². The van der Waals surface area contributed by atoms with E-state index in [1.165, 1.54) is 17.1 Å². The van der Waals surface area contributed by atoms with Crippen molar-refractivity contribution in [1.29, 1.82) is 0 Å². The normalized spacial score (nSPS) is 14.1. The van der Waals surface area contributed by atoms with Gasteiger partial charge in [0.15, 0.2) is 18.1 Å². The van der Waals surface area contributed by atoms with Gasteiger partial charge in [-0.2, -0.15) is 0 Å². The largest absolute Gasteiger partial charge is 0.493 e. The van der Waals surface area contributed by atoms with Crippen molar-refractivity contribution in [2.45, 2.75) is 31.3 Å². The number of anilines is 1. The highest BCUT2D eigenvalue weighted by atomic mass is 32.2. The minimum atomic E-state index is -0.163. The molecule has 0 aliphatic carbocycles. The molecule has 0 saturated carbocycles. The van der Waals surface area contributed by atoms with E-state index < -0.39 is 0 Å². The Balaban J connectivity index is 1.66. The molecule has 6 heteroatoms. The number of methoxy groups -OCH3 is 1. The maximum absolute atomic E-state index is 12.5. The molecule has 1 N–H and O–H groups in total. The topological polar surface area (TPSA) is 47.6 Å². The third kappa shape index (κ3) is 4.97. The van der Waals surface area contributed by atoms with Crippen molar-refractivity contribution in [3.05, 3.63) is 53.1 Å². The molecule has 0 radical (unpaired) electrons. The zero-order valence-electron chi connectivity index (χ0n) is 16.6. The summed E-state index contributed by atoms with van der Waals surface area (Å²) in [5.74, 6) is 3.45. The van der Waals surface area contributed by atoms with Crippen LogP contribution in [0.3, 0.4) is 0 Å². The van der Waals surface area contributed by atoms with Gasteiger partial charge in [0.2, 0.25) is 0 Å². The van der Waals surface area contributed by atoms with E-state index in [1.807, 2.05) is 41.7 Å². The van der Waals surface area contributed by atoms with E-state index >= 15 is 0 Å². The summed E-state index contributed by atoms with van der Waals surface area (Å²) in [4.78, 5) is 12.5. The van der Waals surface area contributed by atoms with Crippen LogP contribution in [0.4, 0.5) is 5.69 Å². The fourth-order valence-corrected chi connectivity index (χ4v) is 6.06. The molecule has 28 heavy (non-hydrogen) atoms. The maximum Gasteiger partial charge on any atom is 0.262 e. The lowest BCUT2D eigenvalue weighted by Crippen LogP contribution is -2.22. The van der Waals surface area contributed by atoms with Crippen LogP contribution in [-0.4, -0.2) is 31.1 Å². The summed E-state index contributed by atoms with van der Waals surface area (Å²) in [6.07, 6.45) is 1.74. The molecule has 0 spiro atoms. The number of ether oxygens (including phenoxy) is 2. The Morgan fingerprint density at radius 3 is 2.36 bits per heavy atom. The Labute approximate surface area is 175 Å². The fraction of sp³-hybridized carbons (Fsp3) is 0.409. The number of thioether (sulfide) groups is 2. The second-order valence-corrected chi connectivity index (χ2v) is 9.20. The van der Waals surface area contributed by atoms with Gasteiger partial charge in [-0.25, -0.2) is 0 Å². The lowest BCUT2D eigenvalue weighted by atomic mass is 10.0. The molecule has 2 aromatic carbocycles. The third-order valence-electron chi connectivity index (χ3n) is 4.70. The minimum Gasteiger partial charge on any atom is -0.493 e. The molecule has 4 nitrogen and oxygen atoms in total. The van der Waals surface area contributed by atoms with E-state index in [2.05, 4.69) is 37.4 Å². The van der Waals surface area contributed by atoms with Crippen LogP contribution in [0.2, 0.25) is 0 Å². The van der Waals surface area contributed by atoms with Crippen LogP contribution in [0.5, 0.6) is 11.5 Å². The number of carbonyl (C=O) groups is 1. The van der Waals surface area contributed by atoms with Gasteiger partial charge in [-0.3, -0.25) is 4.79 Å². The molecule has 0 atom stereocenters. The Kier molecular flexibility index (Phi) is 7.57. The van der Waals surface area contributed by atoms with Crippen molar-refractivity contribution < 1.29 is 14.3 Å². The highest BCUT2D eigenvalue weighted by molar-refractivity contribution is 8.19. The molecular formula is C22H27NO3S2. The van der Waals surface area contributed by atoms with Gasteiger partial charge in [-0.05, 0) is 41.7 Å². The zero-order chi connectivity index (χ0) is 19.9. The second-order valence-electron chi connectivity index (χ2n) is 6.48. The van der Waals surface area contributed by atoms with Crippen LogP contribution in [0, 0.1) is 0 Å². The standard InChI is InChI=1S/C22H27NO3S2/c1-4-15-7-6-8-16(5-2)21(15)23-20(24)14-26-18-10-9-17(13-19(18)25-3)22-27-11-12-28-22/h6-10,13,22H,4-5,11-12,14H2,1-3H3,(H,23,24). The number of rotatable bonds is 8. The quantitative estimate of drug-likeness (QED) is 0.630. The number of amides is 1. The molecule has 2 aromatic rings. The van der Waals surface area contributed by atoms with Crippen molar-refractivity contribution in [2.75, 3.05) is 30.5 Å². The van der Waals surface area contributed by atoms with Gasteiger partial charge in [0.1, 0.15) is 0 Å². The molecule has 1 fully saturated rings. The molecule has 3 rings (SSSR count). The summed E-state index contributed by atoms with van der Waals surface area (Å²) in [6.45, 7) is 4.13. The Hall–Kier alpha value is -1.79. The number of hydrogen-bond donors (Lipinski definition) is 1. The summed E-state index contributed by atoms with van der Waals surface area (Å²) in [5.41, 5.74) is 4.42. The molecular weight excluding hydrogens is 390 g/mol. The molecule has 0 bridgehead atoms. The summed E-state index contributed by atoms with van der Waals surface area (Å²) < 4.78 is 11.7. The zero-order valence-corrected chi connectivity index (χ0v) is 18.3. The molecule has 1 aliphatic heterocycles. The molecule has 0 unspecified atom stereocenters. The number of benzene rings is 2. The van der Waals surface area contributed by atoms with Gasteiger partial charge < -0.3 is 14.8 Å². The lowest BCUT2D eigenvalue weighted by molar-refractivity contribution is -0.118. The minimum absolute atomic E-state index is 0.0517. The first-order chi connectivity index (χ1) is 13.7. The van der Waals surface area contributed by atoms with Gasteiger partial charge in [0.25, 0.3) is 5.91 Å². The van der Waals surface area contributed by atoms with Crippen LogP contribution in [0.1, 0.15) is 35.1 Å². The van der Waals surface area contributed by atoms with Crippen LogP contribution >= 0.6 is 23.5 Å². The highest BCUT2D eigenvalue weighted by Crippen LogP contribution is 2.46. The van der Waals surface area contributed by atoms with E-state index in [0.29, 0.717) is 16.1 Å². The van der Waals surface area contributed by atoms with Gasteiger partial charge in [-0.15, -0.1) is 23.5 Å². The SMILES string of the molecule is CCc1cccc(CC)c1NC(=O)COc1ccc(C2SCCS2)cc1OC. The predicted molar refractivity (Wildman–Crippen MR) is 120 cm³/mol. The van der Waals surface area contributed by atoms with Crippen molar-refractivity contribution in [1.82, 2.24) is 0 Å². The van der Waals surface area contributed by atoms with Crippen LogP contribution < -0.4 is 14.8 Å². The second kappa shape index (κ2) is 10.1. The number of hydrogen-bond acceptors (Lipinski definition) is 5. The van der Waals surface area contributed by atoms with Crippen molar-refractivity contribution >= 4 is 35.1 Å². The summed E-state index contributed by atoms with van der Waals surface area (Å²) in [5, 5.41) is 3.03. The molecule has 1 saturated heterocycles. The van der Waals surface area contributed by atoms with Crippen molar-refractivity contribution in [3.8, 4) is 11.5 Å². The van der Waals surface area contributed by atoms with Crippen LogP contribution in [0.25, 0.3) is 0 Å². The summed E-state index contributed by atoms with van der Waals surface area (Å²) >= 11 is 3.90. The number of aryl methyl sites for hydroxylation is 2. The van der Waals surface area contributed by atoms with Gasteiger partial charge in [0, 0.05) is 17.2 Å². The summed E-state index contributed by atoms with van der Waals surface area (Å²) in [7, 11) is 1.63. The van der Waals surface area contributed by atoms with E-state index in [1.54, 1.807) is 7.11 Å². The van der Waals surface area contributed by atoms with Gasteiger partial charge in [0.05, 0.1) is 11.7 Å². The van der Waals surface area contributed by atoms with Crippen molar-refractivity contribution in [2.24, 2.45) is 0 Å². The Morgan fingerprint density at radius 2 is 1.75 bits per heavy atom. The first-order valence-corrected chi connectivity index (χ1v) is 11.7. The predicted octanol–water partition coefficient (Wildman–Crippen LogP) is 5.32. The molecule has 150 valence electrons. The molecule has 0 aromatic heterocycles. The summed E-state index contributed by atoms with van der Waals surface area (Å²) in [6, 6.07) is 12.1. The van der Waals surface area contributed by atoms with Crippen molar-refractivity contribution in [3.63, 3.8) is 0 Å². The average Bonchev–Trinajstić information content (AvgIpc) is 3.27. The number of para-hydroxylation sites is 1. The van der Waals surface area contributed by atoms with E-state index in [9.17, 15) is 4.79 Å². The third-order valence-corrected chi connectivity index (χ3v) is 7.81.